The highest BCUT2D eigenvalue weighted by Gasteiger charge is 2.20. The molecule has 0 aliphatic heterocycles. The minimum Gasteiger partial charge on any atom is -0.495 e. The highest BCUT2D eigenvalue weighted by molar-refractivity contribution is 7.89. The van der Waals surface area contributed by atoms with Gasteiger partial charge < -0.3 is 10.1 Å². The summed E-state index contributed by atoms with van der Waals surface area (Å²) in [5.41, 5.74) is 1.95. The lowest BCUT2D eigenvalue weighted by molar-refractivity contribution is -0.111. The van der Waals surface area contributed by atoms with Gasteiger partial charge in [-0.1, -0.05) is 60.1 Å². The third kappa shape index (κ3) is 6.22. The van der Waals surface area contributed by atoms with E-state index in [0.717, 1.165) is 0 Å². The Balaban J connectivity index is 2.04. The first-order valence-corrected chi connectivity index (χ1v) is 12.1. The number of rotatable bonds is 8. The second-order valence-electron chi connectivity index (χ2n) is 7.54. The zero-order chi connectivity index (χ0) is 24.0. The van der Waals surface area contributed by atoms with E-state index in [0.29, 0.717) is 27.5 Å². The summed E-state index contributed by atoms with van der Waals surface area (Å²) in [6.07, 6.45) is 1.69. The summed E-state index contributed by atoms with van der Waals surface area (Å²) in [6, 6.07) is 20.4. The molecule has 2 N–H and O–H groups in total. The van der Waals surface area contributed by atoms with Crippen molar-refractivity contribution in [3.63, 3.8) is 0 Å². The quantitative estimate of drug-likeness (QED) is 0.339. The molecular weight excluding hydrogens is 460 g/mol. The van der Waals surface area contributed by atoms with E-state index in [9.17, 15) is 13.2 Å². The van der Waals surface area contributed by atoms with Crippen molar-refractivity contribution in [3.05, 3.63) is 88.9 Å². The van der Waals surface area contributed by atoms with E-state index in [-0.39, 0.29) is 16.6 Å². The number of anilines is 1. The molecule has 0 saturated heterocycles. The lowest BCUT2D eigenvalue weighted by Gasteiger charge is -2.15. The molecule has 3 aromatic rings. The van der Waals surface area contributed by atoms with Gasteiger partial charge in [-0.3, -0.25) is 4.79 Å². The lowest BCUT2D eigenvalue weighted by Crippen LogP contribution is -2.30. The molecule has 3 rings (SSSR count). The molecule has 0 aliphatic rings. The summed E-state index contributed by atoms with van der Waals surface area (Å²) in [5.74, 6) is -0.109. The van der Waals surface area contributed by atoms with Gasteiger partial charge in [-0.2, -0.15) is 0 Å². The van der Waals surface area contributed by atoms with Crippen molar-refractivity contribution in [1.29, 1.82) is 0 Å². The average molecular weight is 485 g/mol. The molecule has 33 heavy (non-hydrogen) atoms. The van der Waals surface area contributed by atoms with E-state index >= 15 is 0 Å². The average Bonchev–Trinajstić information content (AvgIpc) is 2.78. The van der Waals surface area contributed by atoms with E-state index in [1.165, 1.54) is 25.3 Å². The molecule has 0 saturated carbocycles. The predicted molar refractivity (Wildman–Crippen MR) is 133 cm³/mol. The van der Waals surface area contributed by atoms with Gasteiger partial charge in [-0.15, -0.1) is 0 Å². The molecule has 0 aromatic heterocycles. The number of ether oxygens (including phenoxy) is 1. The zero-order valence-electron chi connectivity index (χ0n) is 18.5. The van der Waals surface area contributed by atoms with Crippen LogP contribution >= 0.6 is 11.6 Å². The highest BCUT2D eigenvalue weighted by Crippen LogP contribution is 2.30. The van der Waals surface area contributed by atoms with E-state index in [1.54, 1.807) is 26.0 Å². The summed E-state index contributed by atoms with van der Waals surface area (Å²) in [7, 11) is -2.31. The van der Waals surface area contributed by atoms with Gasteiger partial charge in [0.2, 0.25) is 10.0 Å². The molecule has 0 unspecified atom stereocenters. The number of sulfonamides is 1. The number of nitrogens with one attached hydrogen (secondary N) is 2. The molecule has 8 heteroatoms. The predicted octanol–water partition coefficient (Wildman–Crippen LogP) is 5.21. The number of methoxy groups -OCH3 is 1. The summed E-state index contributed by atoms with van der Waals surface area (Å²) < 4.78 is 33.1. The Morgan fingerprint density at radius 3 is 2.30 bits per heavy atom. The first kappa shape index (κ1) is 24.5. The maximum absolute atomic E-state index is 13.4. The van der Waals surface area contributed by atoms with Crippen molar-refractivity contribution in [2.45, 2.75) is 24.8 Å². The van der Waals surface area contributed by atoms with Crippen LogP contribution in [0.15, 0.2) is 77.7 Å². The second kappa shape index (κ2) is 10.7. The molecule has 0 radical (unpaired) electrons. The molecule has 6 nitrogen and oxygen atoms in total. The number of benzene rings is 3. The molecule has 0 bridgehead atoms. The minimum absolute atomic E-state index is 0.0173. The van der Waals surface area contributed by atoms with Crippen LogP contribution in [-0.4, -0.2) is 27.5 Å². The van der Waals surface area contributed by atoms with Gasteiger partial charge in [-0.25, -0.2) is 13.1 Å². The third-order valence-electron chi connectivity index (χ3n) is 4.65. The summed E-state index contributed by atoms with van der Waals surface area (Å²) in [6.45, 7) is 3.46. The monoisotopic (exact) mass is 484 g/mol. The van der Waals surface area contributed by atoms with Crippen LogP contribution in [0.2, 0.25) is 5.02 Å². The highest BCUT2D eigenvalue weighted by atomic mass is 35.5. The summed E-state index contributed by atoms with van der Waals surface area (Å²) >= 11 is 6.31. The fraction of sp³-hybridized carbons (Fsp3) is 0.160. The lowest BCUT2D eigenvalue weighted by atomic mass is 10.0. The van der Waals surface area contributed by atoms with Crippen molar-refractivity contribution in [2.24, 2.45) is 0 Å². The zero-order valence-corrected chi connectivity index (χ0v) is 20.1. The first-order valence-electron chi connectivity index (χ1n) is 10.2. The van der Waals surface area contributed by atoms with Gasteiger partial charge in [0.25, 0.3) is 5.91 Å². The van der Waals surface area contributed by atoms with Crippen LogP contribution in [-0.2, 0) is 14.8 Å². The van der Waals surface area contributed by atoms with Gasteiger partial charge in [0.05, 0.1) is 17.7 Å². The molecule has 0 fully saturated rings. The maximum atomic E-state index is 13.4. The normalized spacial score (nSPS) is 12.0. The smallest absolute Gasteiger partial charge is 0.256 e. The Kier molecular flexibility index (Phi) is 7.92. The number of halogens is 1. The van der Waals surface area contributed by atoms with E-state index in [2.05, 4.69) is 10.0 Å². The maximum Gasteiger partial charge on any atom is 0.256 e. The van der Waals surface area contributed by atoms with Crippen molar-refractivity contribution in [1.82, 2.24) is 4.72 Å². The van der Waals surface area contributed by atoms with Crippen LogP contribution in [0.3, 0.4) is 0 Å². The standard InChI is InChI=1S/C25H25ClN2O4S/c1-17(2)28-33(30,31)20-13-14-24(32-3)23(16-20)27-25(29)21(18-9-5-4-6-10-18)15-19-11-7-8-12-22(19)26/h4-17,28H,1-3H3,(H,27,29)/b21-15+. The van der Waals surface area contributed by atoms with Crippen LogP contribution in [0.4, 0.5) is 5.69 Å². The van der Waals surface area contributed by atoms with Gasteiger partial charge >= 0.3 is 0 Å². The van der Waals surface area contributed by atoms with Gasteiger partial charge in [-0.05, 0) is 55.3 Å². The van der Waals surface area contributed by atoms with Crippen molar-refractivity contribution >= 4 is 44.9 Å². The topological polar surface area (TPSA) is 84.5 Å². The van der Waals surface area contributed by atoms with Gasteiger partial charge in [0.1, 0.15) is 5.75 Å². The second-order valence-corrected chi connectivity index (χ2v) is 9.66. The Labute approximate surface area is 199 Å². The number of hydrogen-bond donors (Lipinski definition) is 2. The first-order chi connectivity index (χ1) is 15.7. The molecule has 172 valence electrons. The van der Waals surface area contributed by atoms with Gasteiger partial charge in [0, 0.05) is 16.6 Å². The van der Waals surface area contributed by atoms with Crippen LogP contribution in [0, 0.1) is 0 Å². The molecule has 0 spiro atoms. The number of hydrogen-bond acceptors (Lipinski definition) is 4. The molecular formula is C25H25ClN2O4S. The number of carbonyl (C=O) groups is 1. The summed E-state index contributed by atoms with van der Waals surface area (Å²) in [4.78, 5) is 13.4. The van der Waals surface area contributed by atoms with E-state index in [1.807, 2.05) is 48.5 Å². The van der Waals surface area contributed by atoms with Crippen molar-refractivity contribution in [3.8, 4) is 5.75 Å². The van der Waals surface area contributed by atoms with E-state index < -0.39 is 15.9 Å². The third-order valence-corrected chi connectivity index (χ3v) is 6.66. The summed E-state index contributed by atoms with van der Waals surface area (Å²) in [5, 5.41) is 3.30. The molecule has 3 aromatic carbocycles. The number of carbonyl (C=O) groups excluding carboxylic acids is 1. The fourth-order valence-electron chi connectivity index (χ4n) is 3.17. The SMILES string of the molecule is COc1ccc(S(=O)(=O)NC(C)C)cc1NC(=O)/C(=C/c1ccccc1Cl)c1ccccc1. The largest absolute Gasteiger partial charge is 0.495 e. The Morgan fingerprint density at radius 2 is 1.67 bits per heavy atom. The Hall–Kier alpha value is -3.13. The van der Waals surface area contributed by atoms with Crippen LogP contribution in [0.1, 0.15) is 25.0 Å². The van der Waals surface area contributed by atoms with Crippen molar-refractivity contribution < 1.29 is 17.9 Å². The van der Waals surface area contributed by atoms with E-state index in [4.69, 9.17) is 16.3 Å². The Morgan fingerprint density at radius 1 is 1.00 bits per heavy atom. The van der Waals surface area contributed by atoms with Crippen LogP contribution in [0.5, 0.6) is 5.75 Å². The number of amides is 1. The van der Waals surface area contributed by atoms with Crippen LogP contribution in [0.25, 0.3) is 11.6 Å². The fourth-order valence-corrected chi connectivity index (χ4v) is 4.63. The van der Waals surface area contributed by atoms with Gasteiger partial charge in [0.15, 0.2) is 0 Å². The van der Waals surface area contributed by atoms with Crippen molar-refractivity contribution in [2.75, 3.05) is 12.4 Å². The molecule has 0 atom stereocenters. The molecule has 0 aliphatic carbocycles. The Bertz CT molecular complexity index is 1270. The molecule has 1 amide bonds. The molecule has 0 heterocycles. The minimum atomic E-state index is -3.76. The van der Waals surface area contributed by atoms with Crippen LogP contribution < -0.4 is 14.8 Å².